The van der Waals surface area contributed by atoms with E-state index in [4.69, 9.17) is 30.5 Å². The zero-order chi connectivity index (χ0) is 26.2. The molecule has 0 saturated carbocycles. The number of carbonyl (C=O) groups excluding carboxylic acids is 1. The van der Waals surface area contributed by atoms with Crippen molar-refractivity contribution in [2.75, 3.05) is 64.3 Å². The molecule has 2 heterocycles. The van der Waals surface area contributed by atoms with Crippen LogP contribution in [0.4, 0.5) is 11.5 Å². The lowest BCUT2D eigenvalue weighted by atomic mass is 10.1. The molecule has 1 N–H and O–H groups in total. The molecular formula is C27H31ClN4O5. The summed E-state index contributed by atoms with van der Waals surface area (Å²) in [5.74, 6) is 3.14. The molecule has 1 fully saturated rings. The van der Waals surface area contributed by atoms with Crippen LogP contribution < -0.4 is 29.2 Å². The SMILES string of the molecule is COc1ccc(CN2CCN(c3ccc(NC(=O)COc4ccc(Cl)cc4)cn3)CC2)c(OC)c1OC. The molecule has 37 heavy (non-hydrogen) atoms. The molecule has 3 aromatic rings. The lowest BCUT2D eigenvalue weighted by Gasteiger charge is -2.35. The van der Waals surface area contributed by atoms with Crippen LogP contribution in [-0.4, -0.2) is 69.9 Å². The predicted molar refractivity (Wildman–Crippen MR) is 143 cm³/mol. The first-order valence-electron chi connectivity index (χ1n) is 11.9. The molecule has 0 aliphatic carbocycles. The highest BCUT2D eigenvalue weighted by molar-refractivity contribution is 6.30. The Morgan fingerprint density at radius 3 is 2.27 bits per heavy atom. The van der Waals surface area contributed by atoms with E-state index in [9.17, 15) is 4.79 Å². The van der Waals surface area contributed by atoms with Crippen LogP contribution in [0.2, 0.25) is 5.02 Å². The molecule has 1 aliphatic rings. The van der Waals surface area contributed by atoms with Gasteiger partial charge in [-0.15, -0.1) is 0 Å². The lowest BCUT2D eigenvalue weighted by Crippen LogP contribution is -2.46. The maximum absolute atomic E-state index is 12.2. The Balaban J connectivity index is 1.27. The molecule has 196 valence electrons. The van der Waals surface area contributed by atoms with Crippen LogP contribution in [0.3, 0.4) is 0 Å². The minimum Gasteiger partial charge on any atom is -0.493 e. The van der Waals surface area contributed by atoms with Gasteiger partial charge in [-0.2, -0.15) is 0 Å². The predicted octanol–water partition coefficient (Wildman–Crippen LogP) is 4.10. The number of ether oxygens (including phenoxy) is 4. The number of amides is 1. The summed E-state index contributed by atoms with van der Waals surface area (Å²) in [6, 6.07) is 14.6. The number of nitrogens with zero attached hydrogens (tertiary/aromatic N) is 3. The second-order valence-electron chi connectivity index (χ2n) is 8.45. The Labute approximate surface area is 221 Å². The number of methoxy groups -OCH3 is 3. The van der Waals surface area contributed by atoms with Gasteiger partial charge in [0.1, 0.15) is 11.6 Å². The average molecular weight is 527 g/mol. The number of hydrogen-bond donors (Lipinski definition) is 1. The third-order valence-electron chi connectivity index (χ3n) is 6.09. The van der Waals surface area contributed by atoms with Gasteiger partial charge in [-0.05, 0) is 42.5 Å². The molecular weight excluding hydrogens is 496 g/mol. The molecule has 2 aromatic carbocycles. The Morgan fingerprint density at radius 1 is 0.919 bits per heavy atom. The van der Waals surface area contributed by atoms with Crippen molar-refractivity contribution in [2.45, 2.75) is 6.54 Å². The quantitative estimate of drug-likeness (QED) is 0.422. The van der Waals surface area contributed by atoms with Crippen molar-refractivity contribution in [3.63, 3.8) is 0 Å². The summed E-state index contributed by atoms with van der Waals surface area (Å²) < 4.78 is 22.0. The Kier molecular flexibility index (Phi) is 8.92. The molecule has 4 rings (SSSR count). The van der Waals surface area contributed by atoms with E-state index >= 15 is 0 Å². The van der Waals surface area contributed by atoms with E-state index in [1.807, 2.05) is 24.3 Å². The number of hydrogen-bond acceptors (Lipinski definition) is 8. The first-order valence-corrected chi connectivity index (χ1v) is 12.3. The number of carbonyl (C=O) groups is 1. The Morgan fingerprint density at radius 2 is 1.65 bits per heavy atom. The van der Waals surface area contributed by atoms with Gasteiger partial charge in [-0.3, -0.25) is 9.69 Å². The molecule has 1 aromatic heterocycles. The fraction of sp³-hybridized carbons (Fsp3) is 0.333. The zero-order valence-electron chi connectivity index (χ0n) is 21.2. The van der Waals surface area contributed by atoms with E-state index in [0.29, 0.717) is 33.7 Å². The summed E-state index contributed by atoms with van der Waals surface area (Å²) in [4.78, 5) is 21.4. The van der Waals surface area contributed by atoms with Crippen molar-refractivity contribution >= 4 is 29.0 Å². The number of anilines is 2. The largest absolute Gasteiger partial charge is 0.493 e. The van der Waals surface area contributed by atoms with Gasteiger partial charge in [-0.1, -0.05) is 17.7 Å². The molecule has 9 nitrogen and oxygen atoms in total. The van der Waals surface area contributed by atoms with E-state index < -0.39 is 0 Å². The van der Waals surface area contributed by atoms with Gasteiger partial charge in [0, 0.05) is 43.3 Å². The summed E-state index contributed by atoms with van der Waals surface area (Å²) in [6.45, 7) is 4.07. The Bertz CT molecular complexity index is 1180. The summed E-state index contributed by atoms with van der Waals surface area (Å²) >= 11 is 5.86. The fourth-order valence-electron chi connectivity index (χ4n) is 4.19. The van der Waals surface area contributed by atoms with Crippen molar-refractivity contribution in [3.05, 3.63) is 65.3 Å². The van der Waals surface area contributed by atoms with E-state index in [2.05, 4.69) is 20.1 Å². The maximum Gasteiger partial charge on any atom is 0.262 e. The molecule has 0 unspecified atom stereocenters. The summed E-state index contributed by atoms with van der Waals surface area (Å²) in [5, 5.41) is 3.42. The molecule has 1 saturated heterocycles. The van der Waals surface area contributed by atoms with E-state index in [1.54, 1.807) is 51.8 Å². The third-order valence-corrected chi connectivity index (χ3v) is 6.34. The maximum atomic E-state index is 12.2. The van der Waals surface area contributed by atoms with Crippen LogP contribution in [0.1, 0.15) is 5.56 Å². The van der Waals surface area contributed by atoms with Crippen molar-refractivity contribution in [1.82, 2.24) is 9.88 Å². The van der Waals surface area contributed by atoms with Crippen LogP contribution in [-0.2, 0) is 11.3 Å². The van der Waals surface area contributed by atoms with E-state index in [0.717, 1.165) is 44.1 Å². The van der Waals surface area contributed by atoms with Crippen molar-refractivity contribution in [2.24, 2.45) is 0 Å². The first kappa shape index (κ1) is 26.4. The number of pyridine rings is 1. The van der Waals surface area contributed by atoms with Crippen LogP contribution in [0.15, 0.2) is 54.7 Å². The molecule has 0 spiro atoms. The highest BCUT2D eigenvalue weighted by atomic mass is 35.5. The Hall–Kier alpha value is -3.69. The molecule has 0 bridgehead atoms. The van der Waals surface area contributed by atoms with Gasteiger partial charge in [0.15, 0.2) is 18.1 Å². The van der Waals surface area contributed by atoms with Crippen LogP contribution in [0.5, 0.6) is 23.0 Å². The number of rotatable bonds is 10. The van der Waals surface area contributed by atoms with Crippen molar-refractivity contribution in [1.29, 1.82) is 0 Å². The number of aromatic nitrogens is 1. The molecule has 0 atom stereocenters. The van der Waals surface area contributed by atoms with Gasteiger partial charge < -0.3 is 29.2 Å². The number of nitrogens with one attached hydrogen (secondary N) is 1. The van der Waals surface area contributed by atoms with Gasteiger partial charge in [0.25, 0.3) is 5.91 Å². The second-order valence-corrected chi connectivity index (χ2v) is 8.89. The number of halogens is 1. The van der Waals surface area contributed by atoms with E-state index in [-0.39, 0.29) is 12.5 Å². The summed E-state index contributed by atoms with van der Waals surface area (Å²) in [6.07, 6.45) is 1.66. The molecule has 0 radical (unpaired) electrons. The van der Waals surface area contributed by atoms with Gasteiger partial charge >= 0.3 is 0 Å². The highest BCUT2D eigenvalue weighted by Crippen LogP contribution is 2.40. The standard InChI is InChI=1S/C27H31ClN4O5/c1-34-23-10-4-19(26(35-2)27(23)36-3)17-31-12-14-32(15-13-31)24-11-7-21(16-29-24)30-25(33)18-37-22-8-5-20(28)6-9-22/h4-11,16H,12-15,17-18H2,1-3H3,(H,30,33). The van der Waals surface area contributed by atoms with E-state index in [1.165, 1.54) is 0 Å². The third kappa shape index (κ3) is 6.75. The average Bonchev–Trinajstić information content (AvgIpc) is 2.93. The summed E-state index contributed by atoms with van der Waals surface area (Å²) in [5.41, 5.74) is 1.67. The zero-order valence-corrected chi connectivity index (χ0v) is 22.0. The highest BCUT2D eigenvalue weighted by Gasteiger charge is 2.22. The molecule has 1 amide bonds. The number of benzene rings is 2. The van der Waals surface area contributed by atoms with Crippen molar-refractivity contribution < 1.29 is 23.7 Å². The first-order chi connectivity index (χ1) is 18.0. The topological polar surface area (TPSA) is 85.4 Å². The normalized spacial score (nSPS) is 13.7. The van der Waals surface area contributed by atoms with Gasteiger partial charge in [0.05, 0.1) is 33.2 Å². The fourth-order valence-corrected chi connectivity index (χ4v) is 4.31. The summed E-state index contributed by atoms with van der Waals surface area (Å²) in [7, 11) is 4.87. The minimum atomic E-state index is -0.260. The van der Waals surface area contributed by atoms with Crippen molar-refractivity contribution in [3.8, 4) is 23.0 Å². The van der Waals surface area contributed by atoms with Crippen LogP contribution in [0, 0.1) is 0 Å². The van der Waals surface area contributed by atoms with Crippen LogP contribution in [0.25, 0.3) is 0 Å². The minimum absolute atomic E-state index is 0.101. The molecule has 10 heteroatoms. The van der Waals surface area contributed by atoms with Gasteiger partial charge in [0.2, 0.25) is 5.75 Å². The molecule has 1 aliphatic heterocycles. The number of piperazine rings is 1. The monoisotopic (exact) mass is 526 g/mol. The van der Waals surface area contributed by atoms with Crippen LogP contribution >= 0.6 is 11.6 Å². The lowest BCUT2D eigenvalue weighted by molar-refractivity contribution is -0.118. The smallest absolute Gasteiger partial charge is 0.262 e. The van der Waals surface area contributed by atoms with Gasteiger partial charge in [-0.25, -0.2) is 4.98 Å². The second kappa shape index (κ2) is 12.5.